The van der Waals surface area contributed by atoms with Crippen molar-refractivity contribution in [2.75, 3.05) is 20.7 Å². The third-order valence-electron chi connectivity index (χ3n) is 2.75. The number of phenolic OH excluding ortho intramolecular Hbond substituents is 1. The maximum atomic E-state index is 12.0. The Morgan fingerprint density at radius 3 is 2.71 bits per heavy atom. The van der Waals surface area contributed by atoms with Crippen LogP contribution in [0.15, 0.2) is 18.2 Å². The average Bonchev–Trinajstić information content (AvgIpc) is 2.35. The second kappa shape index (κ2) is 5.54. The van der Waals surface area contributed by atoms with Gasteiger partial charge in [0.1, 0.15) is 0 Å². The normalized spacial score (nSPS) is 12.0. The van der Waals surface area contributed by atoms with Crippen molar-refractivity contribution in [2.45, 2.75) is 13.0 Å². The standard InChI is InChI=1S/C12H18N2O3/c1-8(7-13)14(2)12(16)9-4-5-11(17-3)10(15)6-9/h4-6,8,15H,7,13H2,1-3H3. The highest BCUT2D eigenvalue weighted by atomic mass is 16.5. The number of ether oxygens (including phenoxy) is 1. The molecular formula is C12H18N2O3. The molecule has 0 aliphatic carbocycles. The number of nitrogens with zero attached hydrogens (tertiary/aromatic N) is 1. The van der Waals surface area contributed by atoms with E-state index in [9.17, 15) is 9.90 Å². The van der Waals surface area contributed by atoms with Crippen molar-refractivity contribution in [3.05, 3.63) is 23.8 Å². The molecule has 3 N–H and O–H groups in total. The Labute approximate surface area is 101 Å². The fourth-order valence-corrected chi connectivity index (χ4v) is 1.38. The maximum absolute atomic E-state index is 12.0. The monoisotopic (exact) mass is 238 g/mol. The molecule has 1 aromatic carbocycles. The SMILES string of the molecule is COc1ccc(C(=O)N(C)C(C)CN)cc1O. The predicted molar refractivity (Wildman–Crippen MR) is 65.3 cm³/mol. The van der Waals surface area contributed by atoms with E-state index < -0.39 is 0 Å². The van der Waals surface area contributed by atoms with Crippen molar-refractivity contribution in [3.8, 4) is 11.5 Å². The van der Waals surface area contributed by atoms with Crippen LogP contribution in [-0.4, -0.2) is 42.7 Å². The number of methoxy groups -OCH3 is 1. The van der Waals surface area contributed by atoms with E-state index in [2.05, 4.69) is 0 Å². The van der Waals surface area contributed by atoms with Gasteiger partial charge in [0.2, 0.25) is 0 Å². The van der Waals surface area contributed by atoms with Gasteiger partial charge < -0.3 is 20.5 Å². The van der Waals surface area contributed by atoms with Gasteiger partial charge in [-0.3, -0.25) is 4.79 Å². The highest BCUT2D eigenvalue weighted by Gasteiger charge is 2.17. The minimum atomic E-state index is -0.180. The third-order valence-corrected chi connectivity index (χ3v) is 2.75. The van der Waals surface area contributed by atoms with Crippen molar-refractivity contribution < 1.29 is 14.6 Å². The lowest BCUT2D eigenvalue weighted by Crippen LogP contribution is -2.39. The zero-order valence-corrected chi connectivity index (χ0v) is 10.3. The molecule has 0 spiro atoms. The number of carbonyl (C=O) groups excluding carboxylic acids is 1. The van der Waals surface area contributed by atoms with Gasteiger partial charge in [-0.05, 0) is 25.1 Å². The lowest BCUT2D eigenvalue weighted by Gasteiger charge is -2.23. The number of hydrogen-bond donors (Lipinski definition) is 2. The summed E-state index contributed by atoms with van der Waals surface area (Å²) in [7, 11) is 3.14. The molecule has 0 radical (unpaired) electrons. The quantitative estimate of drug-likeness (QED) is 0.814. The lowest BCUT2D eigenvalue weighted by molar-refractivity contribution is 0.0748. The van der Waals surface area contributed by atoms with E-state index in [1.165, 1.54) is 13.2 Å². The summed E-state index contributed by atoms with van der Waals surface area (Å²) in [6.45, 7) is 2.26. The van der Waals surface area contributed by atoms with E-state index in [0.717, 1.165) is 0 Å². The van der Waals surface area contributed by atoms with Gasteiger partial charge >= 0.3 is 0 Å². The Balaban J connectivity index is 2.93. The molecule has 0 bridgehead atoms. The van der Waals surface area contributed by atoms with Crippen LogP contribution in [-0.2, 0) is 0 Å². The predicted octanol–water partition coefficient (Wildman–Crippen LogP) is 0.820. The number of amides is 1. The molecule has 17 heavy (non-hydrogen) atoms. The van der Waals surface area contributed by atoms with Crippen molar-refractivity contribution in [3.63, 3.8) is 0 Å². The molecular weight excluding hydrogens is 220 g/mol. The van der Waals surface area contributed by atoms with Gasteiger partial charge in [0.25, 0.3) is 5.91 Å². The minimum absolute atomic E-state index is 0.0489. The molecule has 0 saturated heterocycles. The first-order valence-electron chi connectivity index (χ1n) is 5.35. The smallest absolute Gasteiger partial charge is 0.254 e. The summed E-state index contributed by atoms with van der Waals surface area (Å²) in [5.74, 6) is 0.115. The zero-order chi connectivity index (χ0) is 13.0. The van der Waals surface area contributed by atoms with Gasteiger partial charge in [-0.2, -0.15) is 0 Å². The van der Waals surface area contributed by atoms with Crippen LogP contribution in [0.4, 0.5) is 0 Å². The summed E-state index contributed by atoms with van der Waals surface area (Å²) in [4.78, 5) is 13.6. The van der Waals surface area contributed by atoms with Gasteiger partial charge in [0, 0.05) is 25.2 Å². The fourth-order valence-electron chi connectivity index (χ4n) is 1.38. The van der Waals surface area contributed by atoms with E-state index in [1.54, 1.807) is 24.1 Å². The Morgan fingerprint density at radius 2 is 2.24 bits per heavy atom. The summed E-state index contributed by atoms with van der Waals surface area (Å²) in [5.41, 5.74) is 5.91. The number of benzene rings is 1. The van der Waals surface area contributed by atoms with Gasteiger partial charge in [0.05, 0.1) is 7.11 Å². The highest BCUT2D eigenvalue weighted by Crippen LogP contribution is 2.26. The van der Waals surface area contributed by atoms with Crippen molar-refractivity contribution in [1.29, 1.82) is 0 Å². The van der Waals surface area contributed by atoms with Crippen LogP contribution < -0.4 is 10.5 Å². The largest absolute Gasteiger partial charge is 0.504 e. The molecule has 94 valence electrons. The summed E-state index contributed by atoms with van der Waals surface area (Å²) in [6.07, 6.45) is 0. The van der Waals surface area contributed by atoms with Crippen molar-refractivity contribution >= 4 is 5.91 Å². The molecule has 0 heterocycles. The molecule has 1 unspecified atom stereocenters. The molecule has 1 aromatic rings. The van der Waals surface area contributed by atoms with E-state index >= 15 is 0 Å². The third kappa shape index (κ3) is 2.88. The first-order chi connectivity index (χ1) is 8.01. The van der Waals surface area contributed by atoms with Gasteiger partial charge in [0.15, 0.2) is 11.5 Å². The fraction of sp³-hybridized carbons (Fsp3) is 0.417. The Kier molecular flexibility index (Phi) is 4.34. The first kappa shape index (κ1) is 13.3. The molecule has 0 saturated carbocycles. The summed E-state index contributed by atoms with van der Waals surface area (Å²) < 4.78 is 4.91. The molecule has 0 aliphatic heterocycles. The number of likely N-dealkylation sites (N-methyl/N-ethyl adjacent to an activating group) is 1. The Morgan fingerprint density at radius 1 is 1.59 bits per heavy atom. The number of carbonyl (C=O) groups is 1. The number of rotatable bonds is 4. The van der Waals surface area contributed by atoms with Gasteiger partial charge in [-0.25, -0.2) is 0 Å². The van der Waals surface area contributed by atoms with Crippen LogP contribution in [0.3, 0.4) is 0 Å². The topological polar surface area (TPSA) is 75.8 Å². The molecule has 0 aromatic heterocycles. The second-order valence-corrected chi connectivity index (χ2v) is 3.89. The van der Waals surface area contributed by atoms with E-state index in [0.29, 0.717) is 17.9 Å². The van der Waals surface area contributed by atoms with E-state index in [-0.39, 0.29) is 17.7 Å². The van der Waals surface area contributed by atoms with Crippen LogP contribution in [0.25, 0.3) is 0 Å². The van der Waals surface area contributed by atoms with Gasteiger partial charge in [-0.15, -0.1) is 0 Å². The van der Waals surface area contributed by atoms with E-state index in [1.807, 2.05) is 6.92 Å². The number of phenols is 1. The number of hydrogen-bond acceptors (Lipinski definition) is 4. The molecule has 1 amide bonds. The highest BCUT2D eigenvalue weighted by molar-refractivity contribution is 5.94. The van der Waals surface area contributed by atoms with E-state index in [4.69, 9.17) is 10.5 Å². The molecule has 0 aliphatic rings. The maximum Gasteiger partial charge on any atom is 0.254 e. The summed E-state index contributed by atoms with van der Waals surface area (Å²) in [6, 6.07) is 4.51. The Hall–Kier alpha value is -1.75. The number of aromatic hydroxyl groups is 1. The second-order valence-electron chi connectivity index (χ2n) is 3.89. The first-order valence-corrected chi connectivity index (χ1v) is 5.35. The van der Waals surface area contributed by atoms with Crippen LogP contribution in [0.2, 0.25) is 0 Å². The molecule has 1 atom stereocenters. The zero-order valence-electron chi connectivity index (χ0n) is 10.3. The lowest BCUT2D eigenvalue weighted by atomic mass is 10.1. The van der Waals surface area contributed by atoms with Crippen LogP contribution in [0.1, 0.15) is 17.3 Å². The van der Waals surface area contributed by atoms with Crippen LogP contribution >= 0.6 is 0 Å². The number of nitrogens with two attached hydrogens (primary N) is 1. The molecule has 0 fully saturated rings. The van der Waals surface area contributed by atoms with Gasteiger partial charge in [-0.1, -0.05) is 0 Å². The van der Waals surface area contributed by atoms with Crippen molar-refractivity contribution in [1.82, 2.24) is 4.90 Å². The average molecular weight is 238 g/mol. The minimum Gasteiger partial charge on any atom is -0.504 e. The Bertz CT molecular complexity index is 407. The van der Waals surface area contributed by atoms with Crippen LogP contribution in [0.5, 0.6) is 11.5 Å². The van der Waals surface area contributed by atoms with Crippen molar-refractivity contribution in [2.24, 2.45) is 5.73 Å². The van der Waals surface area contributed by atoms with Crippen LogP contribution in [0, 0.1) is 0 Å². The molecule has 5 heteroatoms. The molecule has 1 rings (SSSR count). The summed E-state index contributed by atoms with van der Waals surface area (Å²) in [5, 5.41) is 9.60. The summed E-state index contributed by atoms with van der Waals surface area (Å²) >= 11 is 0. The molecule has 5 nitrogen and oxygen atoms in total.